The molecule has 0 bridgehead atoms. The molecule has 48 heavy (non-hydrogen) atoms. The first kappa shape index (κ1) is 34.1. The van der Waals surface area contributed by atoms with Gasteiger partial charge in [-0.05, 0) is 66.6 Å². The largest absolute Gasteiger partial charge is 0.496 e. The van der Waals surface area contributed by atoms with Crippen molar-refractivity contribution in [3.8, 4) is 5.75 Å². The van der Waals surface area contributed by atoms with Crippen molar-refractivity contribution in [1.82, 2.24) is 10.2 Å². The summed E-state index contributed by atoms with van der Waals surface area (Å²) in [6, 6.07) is 20.4. The molecule has 1 aliphatic heterocycles. The van der Waals surface area contributed by atoms with Crippen molar-refractivity contribution in [3.63, 3.8) is 0 Å². The summed E-state index contributed by atoms with van der Waals surface area (Å²) in [6.07, 6.45) is -1.13. The SMILES string of the molecule is CC[C@@H](C(=O)N[C@H]1CN(C(=O)c2ccc(C(C)=O)cc2)c2ccccc2N(Cc2c(OC)ccc3cc(Br)ccc23)C1=O)N(C)C(=O)O. The van der Waals surface area contributed by atoms with Gasteiger partial charge in [0.05, 0.1) is 31.6 Å². The number of nitrogens with zero attached hydrogens (tertiary/aromatic N) is 3. The fraction of sp³-hybridized carbons (Fsp3) is 0.250. The molecule has 0 aromatic heterocycles. The monoisotopic (exact) mass is 714 g/mol. The summed E-state index contributed by atoms with van der Waals surface area (Å²) >= 11 is 3.52. The number of benzene rings is 4. The molecule has 11 nitrogen and oxygen atoms in total. The van der Waals surface area contributed by atoms with Crippen LogP contribution in [0.1, 0.15) is 46.5 Å². The molecule has 1 aliphatic rings. The molecule has 4 aromatic carbocycles. The predicted octanol–water partition coefficient (Wildman–Crippen LogP) is 5.88. The van der Waals surface area contributed by atoms with Gasteiger partial charge in [-0.25, -0.2) is 4.79 Å². The van der Waals surface area contributed by atoms with Gasteiger partial charge in [0, 0.05) is 28.2 Å². The van der Waals surface area contributed by atoms with E-state index in [0.717, 1.165) is 20.1 Å². The molecule has 0 aliphatic carbocycles. The van der Waals surface area contributed by atoms with Gasteiger partial charge in [-0.15, -0.1) is 0 Å². The first-order valence-electron chi connectivity index (χ1n) is 15.3. The molecule has 0 spiro atoms. The van der Waals surface area contributed by atoms with Crippen molar-refractivity contribution >= 4 is 67.7 Å². The molecular formula is C36H35BrN4O7. The minimum atomic E-state index is -1.29. The molecule has 2 atom stereocenters. The minimum absolute atomic E-state index is 0.0337. The number of carbonyl (C=O) groups is 5. The lowest BCUT2D eigenvalue weighted by Gasteiger charge is -2.29. The van der Waals surface area contributed by atoms with Crippen LogP contribution in [0.2, 0.25) is 0 Å². The van der Waals surface area contributed by atoms with E-state index in [2.05, 4.69) is 21.2 Å². The van der Waals surface area contributed by atoms with Crippen LogP contribution in [0.4, 0.5) is 16.2 Å². The summed E-state index contributed by atoms with van der Waals surface area (Å²) in [6.45, 7) is 2.90. The van der Waals surface area contributed by atoms with Crippen LogP contribution in [-0.4, -0.2) is 72.4 Å². The van der Waals surface area contributed by atoms with E-state index >= 15 is 0 Å². The number of nitrogens with one attached hydrogen (secondary N) is 1. The highest BCUT2D eigenvalue weighted by atomic mass is 79.9. The van der Waals surface area contributed by atoms with E-state index in [-0.39, 0.29) is 30.9 Å². The van der Waals surface area contributed by atoms with Crippen LogP contribution >= 0.6 is 15.9 Å². The Labute approximate surface area is 286 Å². The van der Waals surface area contributed by atoms with Gasteiger partial charge in [-0.2, -0.15) is 0 Å². The Kier molecular flexibility index (Phi) is 10.1. The van der Waals surface area contributed by atoms with Gasteiger partial charge in [0.2, 0.25) is 5.91 Å². The number of para-hydroxylation sites is 2. The number of fused-ring (bicyclic) bond motifs is 2. The molecule has 2 N–H and O–H groups in total. The highest BCUT2D eigenvalue weighted by Gasteiger charge is 2.39. The summed E-state index contributed by atoms with van der Waals surface area (Å²) in [5, 5.41) is 14.1. The van der Waals surface area contributed by atoms with Crippen molar-refractivity contribution in [2.24, 2.45) is 0 Å². The number of rotatable bonds is 9. The van der Waals surface area contributed by atoms with Gasteiger partial charge in [0.15, 0.2) is 5.78 Å². The fourth-order valence-corrected chi connectivity index (χ4v) is 6.33. The standard InChI is InChI=1S/C36H35BrN4O7/c1-5-29(39(3)36(46)47)33(43)38-28-20-41(34(44)23-12-10-22(11-13-23)21(2)42)31-9-7-6-8-30(31)40(35(28)45)19-27-26-16-15-25(37)18-24(26)14-17-32(27)48-4/h6-18,28-29H,5,19-20H2,1-4H3,(H,38,43)(H,46,47)/t28-,29-/m0/s1. The predicted molar refractivity (Wildman–Crippen MR) is 186 cm³/mol. The third-order valence-electron chi connectivity index (χ3n) is 8.54. The third kappa shape index (κ3) is 6.75. The molecule has 0 saturated carbocycles. The zero-order chi connectivity index (χ0) is 34.7. The number of carbonyl (C=O) groups excluding carboxylic acids is 4. The number of ether oxygens (including phenoxy) is 1. The number of methoxy groups -OCH3 is 1. The van der Waals surface area contributed by atoms with Crippen molar-refractivity contribution in [2.75, 3.05) is 30.5 Å². The van der Waals surface area contributed by atoms with E-state index in [9.17, 15) is 29.1 Å². The van der Waals surface area contributed by atoms with E-state index in [1.807, 2.05) is 30.3 Å². The third-order valence-corrected chi connectivity index (χ3v) is 9.03. The van der Waals surface area contributed by atoms with Crippen molar-refractivity contribution < 1.29 is 33.8 Å². The molecule has 1 heterocycles. The molecule has 4 aromatic rings. The van der Waals surface area contributed by atoms with E-state index < -0.39 is 35.9 Å². The summed E-state index contributed by atoms with van der Waals surface area (Å²) in [4.78, 5) is 69.9. The van der Waals surface area contributed by atoms with Gasteiger partial charge in [-0.3, -0.25) is 24.1 Å². The Morgan fingerprint density at radius 3 is 2.29 bits per heavy atom. The zero-order valence-electron chi connectivity index (χ0n) is 26.9. The van der Waals surface area contributed by atoms with Crippen LogP contribution in [0.3, 0.4) is 0 Å². The van der Waals surface area contributed by atoms with Crippen molar-refractivity contribution in [2.45, 2.75) is 38.9 Å². The summed E-state index contributed by atoms with van der Waals surface area (Å²) in [5.74, 6) is -1.22. The first-order chi connectivity index (χ1) is 22.9. The average molecular weight is 716 g/mol. The second kappa shape index (κ2) is 14.3. The number of halogens is 1. The molecule has 248 valence electrons. The lowest BCUT2D eigenvalue weighted by molar-refractivity contribution is -0.130. The van der Waals surface area contributed by atoms with Gasteiger partial charge in [-0.1, -0.05) is 59.3 Å². The number of Topliss-reactive ketones (excluding diaryl/α,β-unsaturated/α-hetero) is 1. The summed E-state index contributed by atoms with van der Waals surface area (Å²) in [7, 11) is 2.84. The Balaban J connectivity index is 1.64. The molecule has 0 saturated heterocycles. The normalized spacial score (nSPS) is 14.9. The highest BCUT2D eigenvalue weighted by Crippen LogP contribution is 2.38. The number of amides is 4. The maximum absolute atomic E-state index is 14.6. The van der Waals surface area contributed by atoms with Gasteiger partial charge in [0.25, 0.3) is 11.8 Å². The number of likely N-dealkylation sites (N-methyl/N-ethyl adjacent to an activating group) is 1. The highest BCUT2D eigenvalue weighted by molar-refractivity contribution is 9.10. The van der Waals surface area contributed by atoms with E-state index in [4.69, 9.17) is 4.74 Å². The summed E-state index contributed by atoms with van der Waals surface area (Å²) < 4.78 is 6.62. The number of carboxylic acid groups (broad SMARTS) is 1. The molecule has 4 amide bonds. The number of hydrogen-bond donors (Lipinski definition) is 2. The van der Waals surface area contributed by atoms with Gasteiger partial charge >= 0.3 is 6.09 Å². The molecule has 0 radical (unpaired) electrons. The topological polar surface area (TPSA) is 137 Å². The van der Waals surface area contributed by atoms with E-state index in [1.54, 1.807) is 62.6 Å². The van der Waals surface area contributed by atoms with E-state index in [1.165, 1.54) is 23.8 Å². The van der Waals surface area contributed by atoms with Crippen LogP contribution in [0.15, 0.2) is 83.3 Å². The van der Waals surface area contributed by atoms with Crippen LogP contribution in [0.5, 0.6) is 5.75 Å². The maximum Gasteiger partial charge on any atom is 0.407 e. The zero-order valence-corrected chi connectivity index (χ0v) is 28.5. The number of anilines is 2. The molecule has 5 rings (SSSR count). The lowest BCUT2D eigenvalue weighted by Crippen LogP contribution is -2.57. The Bertz CT molecular complexity index is 1910. The Hall–Kier alpha value is -5.23. The van der Waals surface area contributed by atoms with Crippen LogP contribution < -0.4 is 19.9 Å². The van der Waals surface area contributed by atoms with Crippen LogP contribution in [0, 0.1) is 0 Å². The van der Waals surface area contributed by atoms with E-state index in [0.29, 0.717) is 28.3 Å². The first-order valence-corrected chi connectivity index (χ1v) is 16.1. The molecule has 12 heteroatoms. The minimum Gasteiger partial charge on any atom is -0.496 e. The van der Waals surface area contributed by atoms with Crippen molar-refractivity contribution in [1.29, 1.82) is 0 Å². The van der Waals surface area contributed by atoms with Gasteiger partial charge in [0.1, 0.15) is 17.8 Å². The molecule has 0 unspecified atom stereocenters. The smallest absolute Gasteiger partial charge is 0.407 e. The van der Waals surface area contributed by atoms with Gasteiger partial charge < -0.3 is 25.0 Å². The molecular weight excluding hydrogens is 680 g/mol. The summed E-state index contributed by atoms with van der Waals surface area (Å²) in [5.41, 5.74) is 2.30. The number of ketones is 1. The lowest BCUT2D eigenvalue weighted by atomic mass is 10.0. The van der Waals surface area contributed by atoms with Crippen LogP contribution in [0.25, 0.3) is 10.8 Å². The second-order valence-electron chi connectivity index (χ2n) is 11.5. The van der Waals surface area contributed by atoms with Crippen molar-refractivity contribution in [3.05, 3.63) is 100 Å². The quantitative estimate of drug-likeness (QED) is 0.207. The van der Waals surface area contributed by atoms with Crippen LogP contribution in [-0.2, 0) is 16.1 Å². The number of hydrogen-bond acceptors (Lipinski definition) is 6. The second-order valence-corrected chi connectivity index (χ2v) is 12.4. The maximum atomic E-state index is 14.6. The fourth-order valence-electron chi connectivity index (χ4n) is 5.95. The average Bonchev–Trinajstić information content (AvgIpc) is 3.18. The Morgan fingerprint density at radius 2 is 1.67 bits per heavy atom. The Morgan fingerprint density at radius 1 is 1.00 bits per heavy atom. The molecule has 0 fully saturated rings.